The lowest BCUT2D eigenvalue weighted by Crippen LogP contribution is -2.20. The van der Waals surface area contributed by atoms with Crippen molar-refractivity contribution in [3.8, 4) is 0 Å². The largest absolute Gasteiger partial charge is 0.313 e. The number of aromatic amines is 1. The Morgan fingerprint density at radius 1 is 1.06 bits per heavy atom. The number of anilines is 3. The van der Waals surface area contributed by atoms with Crippen molar-refractivity contribution in [2.75, 3.05) is 10.2 Å². The molecule has 1 amide bonds. The zero-order valence-corrected chi connectivity index (χ0v) is 19.4. The van der Waals surface area contributed by atoms with Crippen molar-refractivity contribution < 1.29 is 4.79 Å². The number of aryl methyl sites for hydroxylation is 1. The molecule has 0 aliphatic heterocycles. The summed E-state index contributed by atoms with van der Waals surface area (Å²) in [6.45, 7) is 0.473. The molecule has 2 heterocycles. The lowest BCUT2D eigenvalue weighted by molar-refractivity contribution is 0.102. The van der Waals surface area contributed by atoms with Crippen molar-refractivity contribution in [2.45, 2.75) is 6.54 Å². The molecule has 0 saturated carbocycles. The zero-order valence-electron chi connectivity index (χ0n) is 17.9. The number of fused-ring (bicyclic) bond motifs is 1. The van der Waals surface area contributed by atoms with Gasteiger partial charge < -0.3 is 9.47 Å². The average Bonchev–Trinajstić information content (AvgIpc) is 3.45. The second-order valence-corrected chi connectivity index (χ2v) is 8.43. The number of benzene rings is 3. The van der Waals surface area contributed by atoms with Crippen LogP contribution in [0.3, 0.4) is 0 Å². The van der Waals surface area contributed by atoms with Crippen LogP contribution in [0.5, 0.6) is 0 Å². The number of hydrogen-bond donors (Lipinski definition) is 2. The number of H-pyrrole nitrogens is 1. The fourth-order valence-electron chi connectivity index (χ4n) is 3.68. The Hall–Kier alpha value is -3.95. The van der Waals surface area contributed by atoms with Gasteiger partial charge in [-0.3, -0.25) is 10.1 Å². The minimum atomic E-state index is -0.332. The number of para-hydroxylation sites is 2. The quantitative estimate of drug-likeness (QED) is 0.346. The zero-order chi connectivity index (χ0) is 23.7. The molecule has 2 aromatic heterocycles. The maximum Gasteiger partial charge on any atom is 0.270 e. The van der Waals surface area contributed by atoms with Crippen LogP contribution in [0, 0.1) is 0 Å². The molecule has 5 rings (SSSR count). The van der Waals surface area contributed by atoms with Crippen molar-refractivity contribution in [1.82, 2.24) is 30.2 Å². The van der Waals surface area contributed by atoms with Gasteiger partial charge in [0.15, 0.2) is 0 Å². The smallest absolute Gasteiger partial charge is 0.270 e. The van der Waals surface area contributed by atoms with Crippen molar-refractivity contribution in [3.05, 3.63) is 87.9 Å². The van der Waals surface area contributed by atoms with Gasteiger partial charge in [0.2, 0.25) is 5.95 Å². The van der Waals surface area contributed by atoms with E-state index in [1.807, 2.05) is 65.0 Å². The number of carbonyl (C=O) groups excluding carboxylic acids is 1. The van der Waals surface area contributed by atoms with E-state index >= 15 is 0 Å². The maximum absolute atomic E-state index is 12.4. The van der Waals surface area contributed by atoms with Gasteiger partial charge in [-0.05, 0) is 53.2 Å². The van der Waals surface area contributed by atoms with Crippen LogP contribution < -0.4 is 10.2 Å². The van der Waals surface area contributed by atoms with Crippen LogP contribution >= 0.6 is 23.2 Å². The molecule has 2 N–H and O–H groups in total. The normalized spacial score (nSPS) is 11.0. The van der Waals surface area contributed by atoms with E-state index in [4.69, 9.17) is 28.2 Å². The Kier molecular flexibility index (Phi) is 5.87. The van der Waals surface area contributed by atoms with E-state index in [0.29, 0.717) is 22.2 Å². The highest BCUT2D eigenvalue weighted by molar-refractivity contribution is 6.35. The molecule has 0 bridgehead atoms. The Balaban J connectivity index is 1.48. The molecule has 0 saturated heterocycles. The highest BCUT2D eigenvalue weighted by Crippen LogP contribution is 2.33. The van der Waals surface area contributed by atoms with Gasteiger partial charge in [-0.25, -0.2) is 4.98 Å². The van der Waals surface area contributed by atoms with E-state index in [-0.39, 0.29) is 11.9 Å². The fourth-order valence-corrected chi connectivity index (χ4v) is 4.19. The molecule has 0 fully saturated rings. The van der Waals surface area contributed by atoms with Crippen molar-refractivity contribution in [2.24, 2.45) is 7.05 Å². The predicted octanol–water partition coefficient (Wildman–Crippen LogP) is 4.98. The van der Waals surface area contributed by atoms with E-state index in [2.05, 4.69) is 25.9 Å². The van der Waals surface area contributed by atoms with Crippen LogP contribution in [0.4, 0.5) is 17.6 Å². The average molecular weight is 493 g/mol. The molecule has 34 heavy (non-hydrogen) atoms. The minimum absolute atomic E-state index is 0.111. The van der Waals surface area contributed by atoms with Crippen LogP contribution in [0.25, 0.3) is 11.0 Å². The van der Waals surface area contributed by atoms with E-state index < -0.39 is 0 Å². The van der Waals surface area contributed by atoms with Crippen LogP contribution in [-0.4, -0.2) is 36.1 Å². The number of tetrazole rings is 1. The summed E-state index contributed by atoms with van der Waals surface area (Å²) in [6.07, 6.45) is 0. The number of nitrogens with zero attached hydrogens (tertiary/aromatic N) is 6. The van der Waals surface area contributed by atoms with Gasteiger partial charge in [-0.2, -0.15) is 5.21 Å². The first-order chi connectivity index (χ1) is 16.5. The molecule has 170 valence electrons. The van der Waals surface area contributed by atoms with Gasteiger partial charge in [0, 0.05) is 28.3 Å². The second kappa shape index (κ2) is 9.12. The number of carbonyl (C=O) groups is 1. The summed E-state index contributed by atoms with van der Waals surface area (Å²) in [6, 6.07) is 20.6. The van der Waals surface area contributed by atoms with Crippen LogP contribution in [0.15, 0.2) is 66.7 Å². The summed E-state index contributed by atoms with van der Waals surface area (Å²) < 4.78 is 2.02. The highest BCUT2D eigenvalue weighted by atomic mass is 35.5. The molecule has 0 radical (unpaired) electrons. The summed E-state index contributed by atoms with van der Waals surface area (Å²) in [5, 5.41) is 16.8. The number of amides is 1. The van der Waals surface area contributed by atoms with Crippen molar-refractivity contribution in [3.63, 3.8) is 0 Å². The third kappa shape index (κ3) is 4.43. The van der Waals surface area contributed by atoms with Gasteiger partial charge in [0.05, 0.1) is 17.6 Å². The molecule has 0 aliphatic rings. The Morgan fingerprint density at radius 2 is 1.79 bits per heavy atom. The van der Waals surface area contributed by atoms with Crippen molar-refractivity contribution in [1.29, 1.82) is 0 Å². The monoisotopic (exact) mass is 492 g/mol. The number of aromatic nitrogens is 6. The van der Waals surface area contributed by atoms with Gasteiger partial charge >= 0.3 is 0 Å². The number of imidazole rings is 1. The molecule has 11 heteroatoms. The standard InChI is InChI=1S/C23H18Cl2N8O/c1-32-20-5-3-2-4-19(20)26-23(32)33(18-11-16(24)10-17(25)12-18)13-14-6-8-15(9-7-14)21(34)27-22-28-30-31-29-22/h2-12H,13H2,1H3,(H2,27,28,29,30,31,34). The Morgan fingerprint density at radius 3 is 2.47 bits per heavy atom. The SMILES string of the molecule is Cn1c(N(Cc2ccc(C(=O)Nc3nn[nH]n3)cc2)c2cc(Cl)cc(Cl)c2)nc2ccccc21. The van der Waals surface area contributed by atoms with Gasteiger partial charge in [-0.15, -0.1) is 5.10 Å². The number of halogens is 2. The number of hydrogen-bond acceptors (Lipinski definition) is 6. The second-order valence-electron chi connectivity index (χ2n) is 7.56. The third-order valence-corrected chi connectivity index (χ3v) is 5.73. The lowest BCUT2D eigenvalue weighted by atomic mass is 10.1. The first-order valence-electron chi connectivity index (χ1n) is 10.3. The van der Waals surface area contributed by atoms with Crippen LogP contribution in [0.1, 0.15) is 15.9 Å². The summed E-state index contributed by atoms with van der Waals surface area (Å²) in [5.74, 6) is 0.514. The van der Waals surface area contributed by atoms with Gasteiger partial charge in [0.25, 0.3) is 11.9 Å². The van der Waals surface area contributed by atoms with Crippen molar-refractivity contribution >= 4 is 57.7 Å². The molecular weight excluding hydrogens is 475 g/mol. The van der Waals surface area contributed by atoms with E-state index in [9.17, 15) is 4.79 Å². The first-order valence-corrected chi connectivity index (χ1v) is 11.0. The van der Waals surface area contributed by atoms with E-state index in [0.717, 1.165) is 28.2 Å². The molecule has 3 aromatic carbocycles. The Labute approximate surface area is 204 Å². The molecule has 0 spiro atoms. The van der Waals surface area contributed by atoms with Gasteiger partial charge in [0.1, 0.15) is 0 Å². The summed E-state index contributed by atoms with van der Waals surface area (Å²) in [5.41, 5.74) is 4.11. The number of nitrogens with one attached hydrogen (secondary N) is 2. The van der Waals surface area contributed by atoms with Gasteiger partial charge in [-0.1, -0.05) is 52.6 Å². The Bertz CT molecular complexity index is 1440. The summed E-state index contributed by atoms with van der Waals surface area (Å²) in [7, 11) is 1.97. The van der Waals surface area contributed by atoms with Crippen LogP contribution in [0.2, 0.25) is 10.0 Å². The van der Waals surface area contributed by atoms with E-state index in [1.54, 1.807) is 18.2 Å². The minimum Gasteiger partial charge on any atom is -0.313 e. The topological polar surface area (TPSA) is 105 Å². The summed E-state index contributed by atoms with van der Waals surface area (Å²) in [4.78, 5) is 19.3. The third-order valence-electron chi connectivity index (χ3n) is 5.29. The summed E-state index contributed by atoms with van der Waals surface area (Å²) >= 11 is 12.6. The molecule has 5 aromatic rings. The molecule has 0 atom stereocenters. The maximum atomic E-state index is 12.4. The molecule has 9 nitrogen and oxygen atoms in total. The molecular formula is C23H18Cl2N8O. The van der Waals surface area contributed by atoms with E-state index in [1.165, 1.54) is 0 Å². The number of rotatable bonds is 6. The fraction of sp³-hybridized carbons (Fsp3) is 0.0870. The lowest BCUT2D eigenvalue weighted by Gasteiger charge is -2.24. The highest BCUT2D eigenvalue weighted by Gasteiger charge is 2.19. The molecule has 0 aliphatic carbocycles. The van der Waals surface area contributed by atoms with Crippen LogP contribution in [-0.2, 0) is 13.6 Å². The predicted molar refractivity (Wildman–Crippen MR) is 132 cm³/mol. The first kappa shape index (κ1) is 21.9. The molecule has 0 unspecified atom stereocenters.